The highest BCUT2D eigenvalue weighted by molar-refractivity contribution is 5.85. The molecule has 2 aromatic rings. The van der Waals surface area contributed by atoms with E-state index in [9.17, 15) is 4.79 Å². The van der Waals surface area contributed by atoms with Crippen LogP contribution in [0.25, 0.3) is 0 Å². The number of nitrogens with zero attached hydrogens (tertiary/aromatic N) is 2. The highest BCUT2D eigenvalue weighted by Gasteiger charge is 2.28. The van der Waals surface area contributed by atoms with Gasteiger partial charge in [-0.1, -0.05) is 44.2 Å². The Morgan fingerprint density at radius 3 is 2.71 bits per heavy atom. The van der Waals surface area contributed by atoms with E-state index >= 15 is 0 Å². The second kappa shape index (κ2) is 7.81. The zero-order valence-corrected chi connectivity index (χ0v) is 14.9. The molecule has 1 aromatic heterocycles. The lowest BCUT2D eigenvalue weighted by atomic mass is 10.0. The molecule has 5 nitrogen and oxygen atoms in total. The Morgan fingerprint density at radius 1 is 1.33 bits per heavy atom. The molecular weight excluding hydrogens is 326 g/mol. The Balaban J connectivity index is 0.00000208. The molecule has 3 rings (SSSR count). The Morgan fingerprint density at radius 2 is 2.04 bits per heavy atom. The Labute approximate surface area is 148 Å². The molecule has 0 spiro atoms. The summed E-state index contributed by atoms with van der Waals surface area (Å²) in [6.07, 6.45) is 1.26. The van der Waals surface area contributed by atoms with Crippen LogP contribution in [-0.2, 0) is 24.2 Å². The Kier molecular flexibility index (Phi) is 6.02. The van der Waals surface area contributed by atoms with Crippen molar-refractivity contribution in [3.63, 3.8) is 0 Å². The lowest BCUT2D eigenvalue weighted by molar-refractivity contribution is -0.133. The summed E-state index contributed by atoms with van der Waals surface area (Å²) in [7, 11) is 0. The van der Waals surface area contributed by atoms with E-state index in [4.69, 9.17) is 10.2 Å². The van der Waals surface area contributed by atoms with Gasteiger partial charge in [-0.2, -0.15) is 0 Å². The van der Waals surface area contributed by atoms with Crippen LogP contribution in [0.4, 0.5) is 0 Å². The molecular formula is C18H24ClN3O2. The highest BCUT2D eigenvalue weighted by atomic mass is 35.5. The number of aromatic nitrogens is 1. The lowest BCUT2D eigenvalue weighted by Gasteiger charge is -2.28. The first-order valence-corrected chi connectivity index (χ1v) is 8.11. The minimum absolute atomic E-state index is 0. The first-order valence-electron chi connectivity index (χ1n) is 8.11. The molecule has 0 fully saturated rings. The summed E-state index contributed by atoms with van der Waals surface area (Å²) in [5, 5.41) is 0. The van der Waals surface area contributed by atoms with Gasteiger partial charge in [-0.15, -0.1) is 12.4 Å². The third-order valence-corrected chi connectivity index (χ3v) is 4.17. The summed E-state index contributed by atoms with van der Waals surface area (Å²) in [4.78, 5) is 18.9. The summed E-state index contributed by atoms with van der Waals surface area (Å²) in [5.74, 6) is 1.89. The van der Waals surface area contributed by atoms with Crippen molar-refractivity contribution >= 4 is 18.3 Å². The third-order valence-electron chi connectivity index (χ3n) is 4.17. The average Bonchev–Trinajstić information content (AvgIpc) is 2.98. The van der Waals surface area contributed by atoms with Gasteiger partial charge in [-0.05, 0) is 12.0 Å². The first-order chi connectivity index (χ1) is 11.0. The lowest BCUT2D eigenvalue weighted by Crippen LogP contribution is -2.46. The second-order valence-corrected chi connectivity index (χ2v) is 6.38. The molecule has 0 saturated carbocycles. The van der Waals surface area contributed by atoms with Gasteiger partial charge in [-0.3, -0.25) is 4.79 Å². The molecule has 1 aliphatic heterocycles. The molecule has 6 heteroatoms. The number of hydrogen-bond acceptors (Lipinski definition) is 4. The number of carbonyl (C=O) groups is 1. The molecule has 0 unspecified atom stereocenters. The smallest absolute Gasteiger partial charge is 0.240 e. The van der Waals surface area contributed by atoms with E-state index < -0.39 is 6.04 Å². The Bertz CT molecular complexity index is 685. The molecule has 1 atom stereocenters. The monoisotopic (exact) mass is 349 g/mol. The van der Waals surface area contributed by atoms with Gasteiger partial charge >= 0.3 is 0 Å². The number of amides is 1. The number of carbonyl (C=O) groups excluding carboxylic acids is 1. The number of hydrogen-bond donors (Lipinski definition) is 1. The maximum absolute atomic E-state index is 12.6. The van der Waals surface area contributed by atoms with E-state index in [-0.39, 0.29) is 24.2 Å². The largest absolute Gasteiger partial charge is 0.445 e. The highest BCUT2D eigenvalue weighted by Crippen LogP contribution is 2.24. The van der Waals surface area contributed by atoms with Crippen molar-refractivity contribution in [2.45, 2.75) is 45.2 Å². The summed E-state index contributed by atoms with van der Waals surface area (Å²) in [5.41, 5.74) is 8.07. The van der Waals surface area contributed by atoms with Crippen LogP contribution in [0.2, 0.25) is 0 Å². The van der Waals surface area contributed by atoms with Gasteiger partial charge in [0.15, 0.2) is 5.89 Å². The van der Waals surface area contributed by atoms with Gasteiger partial charge in [0.05, 0.1) is 12.6 Å². The van der Waals surface area contributed by atoms with Crippen LogP contribution in [0.5, 0.6) is 0 Å². The number of halogens is 1. The molecule has 0 saturated heterocycles. The van der Waals surface area contributed by atoms with Crippen molar-refractivity contribution in [1.29, 1.82) is 0 Å². The molecule has 2 heterocycles. The molecule has 130 valence electrons. The predicted molar refractivity (Wildman–Crippen MR) is 95.1 cm³/mol. The molecule has 0 radical (unpaired) electrons. The van der Waals surface area contributed by atoms with Crippen molar-refractivity contribution in [3.05, 3.63) is 53.2 Å². The normalized spacial score (nSPS) is 14.9. The molecule has 0 aliphatic carbocycles. The van der Waals surface area contributed by atoms with Crippen LogP contribution in [-0.4, -0.2) is 28.4 Å². The second-order valence-electron chi connectivity index (χ2n) is 6.38. The van der Waals surface area contributed by atoms with Gasteiger partial charge in [0.1, 0.15) is 11.5 Å². The van der Waals surface area contributed by atoms with Crippen LogP contribution in [0.15, 0.2) is 34.7 Å². The number of benzene rings is 1. The molecule has 1 aromatic carbocycles. The summed E-state index contributed by atoms with van der Waals surface area (Å²) in [6, 6.07) is 9.35. The maximum Gasteiger partial charge on any atom is 0.240 e. The first kappa shape index (κ1) is 18.5. The van der Waals surface area contributed by atoms with Gasteiger partial charge in [0.25, 0.3) is 0 Å². The zero-order valence-electron chi connectivity index (χ0n) is 14.1. The van der Waals surface area contributed by atoms with Crippen LogP contribution in [0.1, 0.15) is 42.7 Å². The van der Waals surface area contributed by atoms with Crippen LogP contribution in [0, 0.1) is 0 Å². The summed E-state index contributed by atoms with van der Waals surface area (Å²) in [6.45, 7) is 5.24. The van der Waals surface area contributed by atoms with Crippen LogP contribution < -0.4 is 5.73 Å². The van der Waals surface area contributed by atoms with E-state index in [0.29, 0.717) is 25.9 Å². The van der Waals surface area contributed by atoms with Crippen LogP contribution in [0.3, 0.4) is 0 Å². The number of rotatable bonds is 4. The maximum atomic E-state index is 12.6. The fraction of sp³-hybridized carbons (Fsp3) is 0.444. The van der Waals surface area contributed by atoms with Gasteiger partial charge in [0, 0.05) is 18.9 Å². The van der Waals surface area contributed by atoms with E-state index in [2.05, 4.69) is 18.8 Å². The van der Waals surface area contributed by atoms with E-state index in [1.807, 2.05) is 30.3 Å². The summed E-state index contributed by atoms with van der Waals surface area (Å²) >= 11 is 0. The van der Waals surface area contributed by atoms with Crippen LogP contribution >= 0.6 is 12.4 Å². The summed E-state index contributed by atoms with van der Waals surface area (Å²) < 4.78 is 5.77. The van der Waals surface area contributed by atoms with E-state index in [1.165, 1.54) is 0 Å². The van der Waals surface area contributed by atoms with Crippen molar-refractivity contribution in [1.82, 2.24) is 9.88 Å². The van der Waals surface area contributed by atoms with Crippen molar-refractivity contribution in [3.8, 4) is 0 Å². The fourth-order valence-electron chi connectivity index (χ4n) is 2.84. The molecule has 0 bridgehead atoms. The van der Waals surface area contributed by atoms with Gasteiger partial charge in [0.2, 0.25) is 5.91 Å². The molecule has 1 amide bonds. The SMILES string of the molecule is CC(C)c1nc2c(o1)CCN(C(=O)[C@H](N)Cc1ccccc1)C2.Cl. The topological polar surface area (TPSA) is 72.4 Å². The predicted octanol–water partition coefficient (Wildman–Crippen LogP) is 2.67. The molecule has 24 heavy (non-hydrogen) atoms. The average molecular weight is 350 g/mol. The van der Waals surface area contributed by atoms with Gasteiger partial charge in [-0.25, -0.2) is 4.98 Å². The van der Waals surface area contributed by atoms with E-state index in [1.54, 1.807) is 4.90 Å². The van der Waals surface area contributed by atoms with Gasteiger partial charge < -0.3 is 15.1 Å². The van der Waals surface area contributed by atoms with Crippen molar-refractivity contribution in [2.24, 2.45) is 5.73 Å². The number of fused-ring (bicyclic) bond motifs is 1. The Hall–Kier alpha value is -1.85. The minimum Gasteiger partial charge on any atom is -0.445 e. The standard InChI is InChI=1S/C18H23N3O2.ClH/c1-12(2)17-20-15-11-21(9-8-16(15)23-17)18(22)14(19)10-13-6-4-3-5-7-13;/h3-7,12,14H,8-11,19H2,1-2H3;1H/t14-;/m1./s1. The van der Waals surface area contributed by atoms with E-state index in [0.717, 1.165) is 22.9 Å². The minimum atomic E-state index is -0.518. The quantitative estimate of drug-likeness (QED) is 0.921. The third kappa shape index (κ3) is 3.97. The zero-order chi connectivity index (χ0) is 16.4. The molecule has 2 N–H and O–H groups in total. The van der Waals surface area contributed by atoms with Crippen molar-refractivity contribution in [2.75, 3.05) is 6.54 Å². The fourth-order valence-corrected chi connectivity index (χ4v) is 2.84. The molecule has 1 aliphatic rings. The number of oxazole rings is 1. The van der Waals surface area contributed by atoms with Crippen molar-refractivity contribution < 1.29 is 9.21 Å². The number of nitrogens with two attached hydrogens (primary N) is 1.